The molecule has 1 aromatic heterocycles. The first-order valence-corrected chi connectivity index (χ1v) is 7.25. The van der Waals surface area contributed by atoms with E-state index in [2.05, 4.69) is 26.3 Å². The molecule has 0 aliphatic carbocycles. The second kappa shape index (κ2) is 5.79. The van der Waals surface area contributed by atoms with Gasteiger partial charge in [0.2, 0.25) is 0 Å². The molecule has 1 N–H and O–H groups in total. The van der Waals surface area contributed by atoms with Crippen LogP contribution in [0.25, 0.3) is 0 Å². The molecule has 1 aromatic carbocycles. The molecule has 2 aromatic rings. The SMILES string of the molecule is Cc1ccc(C(=O)NC(C)c2cnn(C)c2C)cc1Br. The molecule has 1 amide bonds. The zero-order valence-electron chi connectivity index (χ0n) is 12.1. The molecule has 0 bridgehead atoms. The van der Waals surface area contributed by atoms with Crippen LogP contribution in [-0.4, -0.2) is 15.7 Å². The van der Waals surface area contributed by atoms with Crippen LogP contribution in [0.2, 0.25) is 0 Å². The van der Waals surface area contributed by atoms with Crippen LogP contribution < -0.4 is 5.32 Å². The van der Waals surface area contributed by atoms with Gasteiger partial charge in [-0.25, -0.2) is 0 Å². The first-order chi connectivity index (χ1) is 9.40. The Bertz CT molecular complexity index is 649. The third-order valence-electron chi connectivity index (χ3n) is 3.52. The van der Waals surface area contributed by atoms with E-state index in [0.717, 1.165) is 21.3 Å². The lowest BCUT2D eigenvalue weighted by molar-refractivity contribution is 0.0939. The summed E-state index contributed by atoms with van der Waals surface area (Å²) in [4.78, 5) is 12.3. The van der Waals surface area contributed by atoms with Gasteiger partial charge in [-0.15, -0.1) is 0 Å². The molecule has 0 saturated carbocycles. The number of nitrogens with zero attached hydrogens (tertiary/aromatic N) is 2. The molecule has 20 heavy (non-hydrogen) atoms. The van der Waals surface area contributed by atoms with Crippen LogP contribution in [-0.2, 0) is 7.05 Å². The second-order valence-corrected chi connectivity index (χ2v) is 5.82. The highest BCUT2D eigenvalue weighted by Crippen LogP contribution is 2.19. The van der Waals surface area contributed by atoms with E-state index in [1.165, 1.54) is 0 Å². The maximum atomic E-state index is 12.3. The molecule has 0 radical (unpaired) electrons. The Morgan fingerprint density at radius 1 is 1.40 bits per heavy atom. The van der Waals surface area contributed by atoms with E-state index in [1.54, 1.807) is 10.9 Å². The molecular weight excluding hydrogens is 318 g/mol. The topological polar surface area (TPSA) is 46.9 Å². The van der Waals surface area contributed by atoms with Crippen molar-refractivity contribution in [2.75, 3.05) is 0 Å². The van der Waals surface area contributed by atoms with E-state index in [9.17, 15) is 4.79 Å². The average Bonchev–Trinajstić information content (AvgIpc) is 2.73. The molecule has 5 heteroatoms. The van der Waals surface area contributed by atoms with E-state index in [4.69, 9.17) is 0 Å². The summed E-state index contributed by atoms with van der Waals surface area (Å²) in [5.41, 5.74) is 3.85. The molecule has 1 heterocycles. The molecule has 106 valence electrons. The Morgan fingerprint density at radius 2 is 2.10 bits per heavy atom. The highest BCUT2D eigenvalue weighted by atomic mass is 79.9. The van der Waals surface area contributed by atoms with Gasteiger partial charge in [0, 0.05) is 28.3 Å². The number of carbonyl (C=O) groups excluding carboxylic acids is 1. The predicted molar refractivity (Wildman–Crippen MR) is 82.7 cm³/mol. The van der Waals surface area contributed by atoms with E-state index in [0.29, 0.717) is 5.56 Å². The maximum Gasteiger partial charge on any atom is 0.251 e. The summed E-state index contributed by atoms with van der Waals surface area (Å²) >= 11 is 3.45. The van der Waals surface area contributed by atoms with Gasteiger partial charge in [0.25, 0.3) is 5.91 Å². The van der Waals surface area contributed by atoms with Crippen LogP contribution in [0.5, 0.6) is 0 Å². The number of benzene rings is 1. The van der Waals surface area contributed by atoms with Crippen molar-refractivity contribution in [2.24, 2.45) is 7.05 Å². The Balaban J connectivity index is 2.15. The zero-order chi connectivity index (χ0) is 14.9. The number of rotatable bonds is 3. The summed E-state index contributed by atoms with van der Waals surface area (Å²) in [7, 11) is 1.89. The average molecular weight is 336 g/mol. The van der Waals surface area contributed by atoms with Gasteiger partial charge in [0.1, 0.15) is 0 Å². The summed E-state index contributed by atoms with van der Waals surface area (Å²) in [5.74, 6) is -0.0820. The highest BCUT2D eigenvalue weighted by molar-refractivity contribution is 9.10. The lowest BCUT2D eigenvalue weighted by Gasteiger charge is -2.14. The van der Waals surface area contributed by atoms with Gasteiger partial charge in [0.15, 0.2) is 0 Å². The molecule has 0 aliphatic heterocycles. The van der Waals surface area contributed by atoms with Crippen molar-refractivity contribution < 1.29 is 4.79 Å². The lowest BCUT2D eigenvalue weighted by Crippen LogP contribution is -2.27. The molecule has 0 saturated heterocycles. The normalized spacial score (nSPS) is 12.2. The standard InChI is InChI=1S/C15H18BrN3O/c1-9-5-6-12(7-14(9)16)15(20)18-10(2)13-8-17-19(4)11(13)3/h5-8,10H,1-4H3,(H,18,20). The van der Waals surface area contributed by atoms with Crippen molar-refractivity contribution in [3.8, 4) is 0 Å². The van der Waals surface area contributed by atoms with Crippen LogP contribution >= 0.6 is 15.9 Å². The van der Waals surface area contributed by atoms with Crippen molar-refractivity contribution in [3.05, 3.63) is 51.3 Å². The van der Waals surface area contributed by atoms with Crippen molar-refractivity contribution in [1.82, 2.24) is 15.1 Å². The highest BCUT2D eigenvalue weighted by Gasteiger charge is 2.15. The summed E-state index contributed by atoms with van der Waals surface area (Å²) < 4.78 is 2.75. The number of nitrogens with one attached hydrogen (secondary N) is 1. The number of halogens is 1. The number of hydrogen-bond donors (Lipinski definition) is 1. The predicted octanol–water partition coefficient (Wildman–Crippen LogP) is 3.29. The van der Waals surface area contributed by atoms with Gasteiger partial charge in [-0.3, -0.25) is 9.48 Å². The molecule has 0 aliphatic rings. The smallest absolute Gasteiger partial charge is 0.251 e. The number of hydrogen-bond acceptors (Lipinski definition) is 2. The fourth-order valence-corrected chi connectivity index (χ4v) is 2.41. The van der Waals surface area contributed by atoms with Crippen molar-refractivity contribution in [2.45, 2.75) is 26.8 Å². The molecule has 1 unspecified atom stereocenters. The minimum Gasteiger partial charge on any atom is -0.345 e. The van der Waals surface area contributed by atoms with E-state index < -0.39 is 0 Å². The van der Waals surface area contributed by atoms with Crippen LogP contribution in [0, 0.1) is 13.8 Å². The van der Waals surface area contributed by atoms with Gasteiger partial charge in [-0.2, -0.15) is 5.10 Å². The molecule has 1 atom stereocenters. The molecule has 0 spiro atoms. The Hall–Kier alpha value is -1.62. The monoisotopic (exact) mass is 335 g/mol. The van der Waals surface area contributed by atoms with Crippen molar-refractivity contribution in [3.63, 3.8) is 0 Å². The summed E-state index contributed by atoms with van der Waals surface area (Å²) in [6.45, 7) is 5.95. The minimum atomic E-state index is -0.0820. The number of carbonyl (C=O) groups is 1. The Morgan fingerprint density at radius 3 is 2.65 bits per heavy atom. The van der Waals surface area contributed by atoms with Crippen LogP contribution in [0.4, 0.5) is 0 Å². The quantitative estimate of drug-likeness (QED) is 0.935. The van der Waals surface area contributed by atoms with Gasteiger partial charge in [-0.05, 0) is 38.5 Å². The molecule has 0 fully saturated rings. The third kappa shape index (κ3) is 2.93. The summed E-state index contributed by atoms with van der Waals surface area (Å²) in [6.07, 6.45) is 1.80. The van der Waals surface area contributed by atoms with E-state index in [1.807, 2.05) is 46.0 Å². The number of aromatic nitrogens is 2. The number of aryl methyl sites for hydroxylation is 2. The second-order valence-electron chi connectivity index (χ2n) is 4.97. The van der Waals surface area contributed by atoms with Crippen LogP contribution in [0.1, 0.15) is 40.1 Å². The molecule has 4 nitrogen and oxygen atoms in total. The van der Waals surface area contributed by atoms with Crippen molar-refractivity contribution in [1.29, 1.82) is 0 Å². The molecule has 2 rings (SSSR count). The Labute approximate surface area is 127 Å². The van der Waals surface area contributed by atoms with Crippen molar-refractivity contribution >= 4 is 21.8 Å². The first-order valence-electron chi connectivity index (χ1n) is 6.45. The van der Waals surface area contributed by atoms with E-state index in [-0.39, 0.29) is 11.9 Å². The first kappa shape index (κ1) is 14.8. The van der Waals surface area contributed by atoms with Crippen LogP contribution in [0.15, 0.2) is 28.9 Å². The van der Waals surface area contributed by atoms with Crippen LogP contribution in [0.3, 0.4) is 0 Å². The van der Waals surface area contributed by atoms with Gasteiger partial charge < -0.3 is 5.32 Å². The lowest BCUT2D eigenvalue weighted by atomic mass is 10.1. The number of amides is 1. The summed E-state index contributed by atoms with van der Waals surface area (Å²) in [6, 6.07) is 5.53. The maximum absolute atomic E-state index is 12.3. The zero-order valence-corrected chi connectivity index (χ0v) is 13.7. The fourth-order valence-electron chi connectivity index (χ4n) is 2.03. The molecular formula is C15H18BrN3O. The minimum absolute atomic E-state index is 0.0729. The van der Waals surface area contributed by atoms with E-state index >= 15 is 0 Å². The van der Waals surface area contributed by atoms with Gasteiger partial charge in [0.05, 0.1) is 12.2 Å². The third-order valence-corrected chi connectivity index (χ3v) is 4.38. The fraction of sp³-hybridized carbons (Fsp3) is 0.333. The summed E-state index contributed by atoms with van der Waals surface area (Å²) in [5, 5.41) is 7.20. The van der Waals surface area contributed by atoms with Gasteiger partial charge in [-0.1, -0.05) is 22.0 Å². The Kier molecular flexibility index (Phi) is 4.28. The van der Waals surface area contributed by atoms with Gasteiger partial charge >= 0.3 is 0 Å². The largest absolute Gasteiger partial charge is 0.345 e.